The van der Waals surface area contributed by atoms with Crippen LogP contribution in [-0.2, 0) is 4.79 Å². The van der Waals surface area contributed by atoms with Gasteiger partial charge in [-0.3, -0.25) is 10.1 Å². The van der Waals surface area contributed by atoms with Crippen molar-refractivity contribution < 1.29 is 9.32 Å². The van der Waals surface area contributed by atoms with Gasteiger partial charge in [-0.15, -0.1) is 0 Å². The maximum Gasteiger partial charge on any atom is 0.246 e. The van der Waals surface area contributed by atoms with E-state index in [1.54, 1.807) is 13.0 Å². The van der Waals surface area contributed by atoms with Crippen LogP contribution >= 0.6 is 0 Å². The van der Waals surface area contributed by atoms with Gasteiger partial charge in [-0.25, -0.2) is 0 Å². The van der Waals surface area contributed by atoms with E-state index in [0.29, 0.717) is 5.88 Å². The van der Waals surface area contributed by atoms with E-state index in [4.69, 9.17) is 4.52 Å². The number of benzene rings is 1. The quantitative estimate of drug-likeness (QED) is 0.867. The summed E-state index contributed by atoms with van der Waals surface area (Å²) in [7, 11) is 0. The van der Waals surface area contributed by atoms with Gasteiger partial charge in [0, 0.05) is 11.8 Å². The van der Waals surface area contributed by atoms with E-state index < -0.39 is 0 Å². The van der Waals surface area contributed by atoms with Crippen LogP contribution in [0.15, 0.2) is 34.9 Å². The van der Waals surface area contributed by atoms with Crippen molar-refractivity contribution in [1.29, 1.82) is 0 Å². The number of hydrogen-bond acceptors (Lipinski definition) is 4. The van der Waals surface area contributed by atoms with Gasteiger partial charge in [0.15, 0.2) is 0 Å². The van der Waals surface area contributed by atoms with Gasteiger partial charge in [-0.05, 0) is 25.5 Å². The molecule has 0 saturated carbocycles. The van der Waals surface area contributed by atoms with E-state index in [9.17, 15) is 4.79 Å². The van der Waals surface area contributed by atoms with E-state index in [-0.39, 0.29) is 12.5 Å². The van der Waals surface area contributed by atoms with Crippen molar-refractivity contribution in [2.24, 2.45) is 0 Å². The molecule has 1 aromatic heterocycles. The zero-order chi connectivity index (χ0) is 13.0. The SMILES string of the molecule is Cc1cc(NC(=O)CNc2ccccc2C)on1. The van der Waals surface area contributed by atoms with Crippen molar-refractivity contribution in [3.8, 4) is 0 Å². The van der Waals surface area contributed by atoms with Crippen LogP contribution in [0.4, 0.5) is 11.6 Å². The van der Waals surface area contributed by atoms with Crippen LogP contribution in [0.2, 0.25) is 0 Å². The van der Waals surface area contributed by atoms with Crippen molar-refractivity contribution in [1.82, 2.24) is 5.16 Å². The van der Waals surface area contributed by atoms with Gasteiger partial charge in [-0.1, -0.05) is 23.4 Å². The molecule has 0 aliphatic heterocycles. The molecule has 0 radical (unpaired) electrons. The van der Waals surface area contributed by atoms with E-state index in [1.165, 1.54) is 0 Å². The Kier molecular flexibility index (Phi) is 3.62. The molecule has 0 saturated heterocycles. The van der Waals surface area contributed by atoms with Gasteiger partial charge in [0.05, 0.1) is 12.2 Å². The second kappa shape index (κ2) is 5.35. The molecule has 1 aromatic carbocycles. The van der Waals surface area contributed by atoms with E-state index in [0.717, 1.165) is 16.9 Å². The Labute approximate surface area is 105 Å². The number of nitrogens with zero attached hydrogens (tertiary/aromatic N) is 1. The number of anilines is 2. The monoisotopic (exact) mass is 245 g/mol. The van der Waals surface area contributed by atoms with Gasteiger partial charge in [0.2, 0.25) is 11.8 Å². The third-order valence-corrected chi connectivity index (χ3v) is 2.48. The van der Waals surface area contributed by atoms with Gasteiger partial charge in [0.1, 0.15) is 0 Å². The van der Waals surface area contributed by atoms with Crippen LogP contribution in [0.5, 0.6) is 0 Å². The molecule has 1 heterocycles. The highest BCUT2D eigenvalue weighted by molar-refractivity contribution is 5.92. The molecule has 2 aromatic rings. The van der Waals surface area contributed by atoms with E-state index in [2.05, 4.69) is 15.8 Å². The minimum absolute atomic E-state index is 0.172. The summed E-state index contributed by atoms with van der Waals surface area (Å²) >= 11 is 0. The van der Waals surface area contributed by atoms with Crippen molar-refractivity contribution in [2.75, 3.05) is 17.2 Å². The first-order chi connectivity index (χ1) is 8.65. The van der Waals surface area contributed by atoms with Crippen molar-refractivity contribution >= 4 is 17.5 Å². The van der Waals surface area contributed by atoms with Crippen molar-refractivity contribution in [3.05, 3.63) is 41.6 Å². The maximum atomic E-state index is 11.6. The lowest BCUT2D eigenvalue weighted by atomic mass is 10.2. The lowest BCUT2D eigenvalue weighted by Crippen LogP contribution is -2.21. The molecule has 0 aliphatic carbocycles. The van der Waals surface area contributed by atoms with Crippen LogP contribution in [-0.4, -0.2) is 17.6 Å². The summed E-state index contributed by atoms with van der Waals surface area (Å²) in [5.74, 6) is 0.193. The Hall–Kier alpha value is -2.30. The molecular formula is C13H15N3O2. The number of para-hydroxylation sites is 1. The number of nitrogens with one attached hydrogen (secondary N) is 2. The highest BCUT2D eigenvalue weighted by atomic mass is 16.5. The standard InChI is InChI=1S/C13H15N3O2/c1-9-5-3-4-6-11(9)14-8-12(17)15-13-7-10(2)16-18-13/h3-7,14H,8H2,1-2H3,(H,15,17). The normalized spacial score (nSPS) is 10.1. The lowest BCUT2D eigenvalue weighted by Gasteiger charge is -2.08. The first-order valence-electron chi connectivity index (χ1n) is 5.68. The molecule has 1 amide bonds. The molecule has 5 heteroatoms. The Morgan fingerprint density at radius 3 is 2.78 bits per heavy atom. The average molecular weight is 245 g/mol. The zero-order valence-corrected chi connectivity index (χ0v) is 10.4. The summed E-state index contributed by atoms with van der Waals surface area (Å²) in [5, 5.41) is 9.38. The molecule has 2 rings (SSSR count). The number of carbonyl (C=O) groups excluding carboxylic acids is 1. The molecule has 0 spiro atoms. The van der Waals surface area contributed by atoms with Crippen LogP contribution < -0.4 is 10.6 Å². The third-order valence-electron chi connectivity index (χ3n) is 2.48. The fourth-order valence-corrected chi connectivity index (χ4v) is 1.55. The first-order valence-corrected chi connectivity index (χ1v) is 5.68. The summed E-state index contributed by atoms with van der Waals surface area (Å²) < 4.78 is 4.90. The smallest absolute Gasteiger partial charge is 0.246 e. The molecular weight excluding hydrogens is 230 g/mol. The molecule has 18 heavy (non-hydrogen) atoms. The minimum atomic E-state index is -0.172. The Balaban J connectivity index is 1.87. The fraction of sp³-hybridized carbons (Fsp3) is 0.231. The second-order valence-corrected chi connectivity index (χ2v) is 4.05. The number of aryl methyl sites for hydroxylation is 2. The molecule has 0 fully saturated rings. The molecule has 0 bridgehead atoms. The molecule has 0 aliphatic rings. The summed E-state index contributed by atoms with van der Waals surface area (Å²) in [5.41, 5.74) is 2.78. The third kappa shape index (κ3) is 3.10. The molecule has 0 unspecified atom stereocenters. The Morgan fingerprint density at radius 1 is 1.33 bits per heavy atom. The van der Waals surface area contributed by atoms with Crippen molar-refractivity contribution in [2.45, 2.75) is 13.8 Å². The lowest BCUT2D eigenvalue weighted by molar-refractivity contribution is -0.114. The number of amides is 1. The Bertz CT molecular complexity index is 549. The van der Waals surface area contributed by atoms with Gasteiger partial charge >= 0.3 is 0 Å². The highest BCUT2D eigenvalue weighted by Gasteiger charge is 2.06. The van der Waals surface area contributed by atoms with Crippen molar-refractivity contribution in [3.63, 3.8) is 0 Å². The number of rotatable bonds is 4. The first kappa shape index (κ1) is 12.2. The molecule has 0 atom stereocenters. The van der Waals surface area contributed by atoms with Crippen LogP contribution in [0.3, 0.4) is 0 Å². The van der Waals surface area contributed by atoms with Crippen LogP contribution in [0.25, 0.3) is 0 Å². The predicted octanol–water partition coefficient (Wildman–Crippen LogP) is 2.34. The zero-order valence-electron chi connectivity index (χ0n) is 10.4. The molecule has 5 nitrogen and oxygen atoms in total. The largest absolute Gasteiger partial charge is 0.376 e. The topological polar surface area (TPSA) is 67.2 Å². The van der Waals surface area contributed by atoms with Gasteiger partial charge in [-0.2, -0.15) is 0 Å². The van der Waals surface area contributed by atoms with Gasteiger partial charge < -0.3 is 9.84 Å². The second-order valence-electron chi connectivity index (χ2n) is 4.05. The summed E-state index contributed by atoms with van der Waals surface area (Å²) in [6.07, 6.45) is 0. The van der Waals surface area contributed by atoms with E-state index in [1.807, 2.05) is 31.2 Å². The van der Waals surface area contributed by atoms with Gasteiger partial charge in [0.25, 0.3) is 0 Å². The Morgan fingerprint density at radius 2 is 2.11 bits per heavy atom. The number of hydrogen-bond donors (Lipinski definition) is 2. The number of aromatic nitrogens is 1. The molecule has 2 N–H and O–H groups in total. The molecule has 94 valence electrons. The summed E-state index contributed by atoms with van der Waals surface area (Å²) in [6, 6.07) is 9.47. The minimum Gasteiger partial charge on any atom is -0.376 e. The average Bonchev–Trinajstić information content (AvgIpc) is 2.74. The van der Waals surface area contributed by atoms with E-state index >= 15 is 0 Å². The predicted molar refractivity (Wildman–Crippen MR) is 69.5 cm³/mol. The van der Waals surface area contributed by atoms with Crippen LogP contribution in [0, 0.1) is 13.8 Å². The fourth-order valence-electron chi connectivity index (χ4n) is 1.55. The van der Waals surface area contributed by atoms with Crippen LogP contribution in [0.1, 0.15) is 11.3 Å². The maximum absolute atomic E-state index is 11.6. The number of carbonyl (C=O) groups is 1. The summed E-state index contributed by atoms with van der Waals surface area (Å²) in [4.78, 5) is 11.6. The summed E-state index contributed by atoms with van der Waals surface area (Å²) in [6.45, 7) is 3.97. The highest BCUT2D eigenvalue weighted by Crippen LogP contribution is 2.13.